The average Bonchev–Trinajstić information content (AvgIpc) is 2.61. The number of rotatable bonds is 7. The Morgan fingerprint density at radius 2 is 1.46 bits per heavy atom. The van der Waals surface area contributed by atoms with Crippen LogP contribution in [0.1, 0.15) is 28.2 Å². The van der Waals surface area contributed by atoms with Gasteiger partial charge >= 0.3 is 0 Å². The molecule has 0 heterocycles. The predicted molar refractivity (Wildman–Crippen MR) is 97.5 cm³/mol. The van der Waals surface area contributed by atoms with Gasteiger partial charge in [-0.05, 0) is 67.3 Å². The summed E-state index contributed by atoms with van der Waals surface area (Å²) in [7, 11) is 4.99. The molecule has 0 aliphatic carbocycles. The van der Waals surface area contributed by atoms with Crippen LogP contribution in [-0.4, -0.2) is 27.9 Å². The monoisotopic (exact) mass is 329 g/mol. The minimum atomic E-state index is 0.178. The molecule has 0 saturated carbocycles. The van der Waals surface area contributed by atoms with Crippen molar-refractivity contribution in [1.29, 1.82) is 0 Å². The van der Waals surface area contributed by atoms with Gasteiger partial charge in [-0.25, -0.2) is 0 Å². The van der Waals surface area contributed by atoms with Crippen LogP contribution in [0, 0.1) is 13.8 Å². The maximum atomic E-state index is 6.08. The van der Waals surface area contributed by atoms with E-state index in [9.17, 15) is 0 Å². The highest BCUT2D eigenvalue weighted by molar-refractivity contribution is 5.46. The molecule has 2 rings (SSSR count). The zero-order valence-electron chi connectivity index (χ0n) is 15.2. The van der Waals surface area contributed by atoms with Crippen molar-refractivity contribution in [2.24, 2.45) is 5.73 Å². The summed E-state index contributed by atoms with van der Waals surface area (Å²) in [4.78, 5) is 0. The first-order valence-corrected chi connectivity index (χ1v) is 8.10. The largest absolute Gasteiger partial charge is 0.496 e. The molecule has 0 saturated heterocycles. The van der Waals surface area contributed by atoms with E-state index in [-0.39, 0.29) is 5.92 Å². The number of ether oxygens (including phenoxy) is 3. The van der Waals surface area contributed by atoms with Crippen LogP contribution in [0.3, 0.4) is 0 Å². The lowest BCUT2D eigenvalue weighted by Gasteiger charge is -2.20. The maximum Gasteiger partial charge on any atom is 0.160 e. The summed E-state index contributed by atoms with van der Waals surface area (Å²) >= 11 is 0. The summed E-state index contributed by atoms with van der Waals surface area (Å²) in [6.07, 6.45) is 0.815. The van der Waals surface area contributed by atoms with Crippen molar-refractivity contribution in [3.05, 3.63) is 52.6 Å². The van der Waals surface area contributed by atoms with Crippen molar-refractivity contribution < 1.29 is 14.2 Å². The van der Waals surface area contributed by atoms with E-state index in [2.05, 4.69) is 32.0 Å². The highest BCUT2D eigenvalue weighted by atomic mass is 16.5. The molecule has 0 amide bonds. The van der Waals surface area contributed by atoms with E-state index in [0.717, 1.165) is 34.8 Å². The third kappa shape index (κ3) is 3.82. The van der Waals surface area contributed by atoms with Crippen molar-refractivity contribution in [3.8, 4) is 17.2 Å². The lowest BCUT2D eigenvalue weighted by molar-refractivity contribution is 0.354. The third-order valence-electron chi connectivity index (χ3n) is 4.50. The number of benzene rings is 2. The first kappa shape index (κ1) is 18.1. The molecule has 4 nitrogen and oxygen atoms in total. The van der Waals surface area contributed by atoms with Gasteiger partial charge in [-0.2, -0.15) is 0 Å². The number of hydrogen-bond donors (Lipinski definition) is 1. The molecular formula is C20H27NO3. The fraction of sp³-hybridized carbons (Fsp3) is 0.400. The molecule has 0 spiro atoms. The number of aryl methyl sites for hydroxylation is 2. The Bertz CT molecular complexity index is 698. The quantitative estimate of drug-likeness (QED) is 0.843. The molecular weight excluding hydrogens is 302 g/mol. The second-order valence-electron chi connectivity index (χ2n) is 6.00. The molecule has 2 aromatic carbocycles. The first-order valence-electron chi connectivity index (χ1n) is 8.10. The van der Waals surface area contributed by atoms with Crippen LogP contribution in [0.2, 0.25) is 0 Å². The molecule has 1 atom stereocenters. The van der Waals surface area contributed by atoms with Gasteiger partial charge in [0, 0.05) is 5.92 Å². The van der Waals surface area contributed by atoms with Crippen LogP contribution in [0.4, 0.5) is 0 Å². The van der Waals surface area contributed by atoms with Crippen molar-refractivity contribution in [2.45, 2.75) is 26.2 Å². The fourth-order valence-corrected chi connectivity index (χ4v) is 2.92. The highest BCUT2D eigenvalue weighted by Crippen LogP contribution is 2.34. The molecule has 2 aromatic rings. The second kappa shape index (κ2) is 8.06. The molecule has 1 unspecified atom stereocenters. The Labute approximate surface area is 144 Å². The Hall–Kier alpha value is -2.20. The van der Waals surface area contributed by atoms with Crippen LogP contribution in [-0.2, 0) is 6.42 Å². The third-order valence-corrected chi connectivity index (χ3v) is 4.50. The van der Waals surface area contributed by atoms with Crippen molar-refractivity contribution in [2.75, 3.05) is 27.9 Å². The molecule has 130 valence electrons. The zero-order chi connectivity index (χ0) is 17.7. The topological polar surface area (TPSA) is 53.7 Å². The van der Waals surface area contributed by atoms with E-state index < -0.39 is 0 Å². The van der Waals surface area contributed by atoms with Crippen LogP contribution in [0.15, 0.2) is 30.3 Å². The molecule has 0 aliphatic rings. The van der Waals surface area contributed by atoms with Gasteiger partial charge in [-0.1, -0.05) is 12.1 Å². The summed E-state index contributed by atoms with van der Waals surface area (Å²) in [5, 5.41) is 0. The Morgan fingerprint density at radius 1 is 0.833 bits per heavy atom. The van der Waals surface area contributed by atoms with Crippen LogP contribution in [0.25, 0.3) is 0 Å². The SMILES string of the molecule is COc1ccc(CC(CN)c2cc(C)c(C)cc2OC)cc1OC. The van der Waals surface area contributed by atoms with Crippen molar-refractivity contribution in [3.63, 3.8) is 0 Å². The van der Waals surface area contributed by atoms with E-state index in [1.165, 1.54) is 11.1 Å². The van der Waals surface area contributed by atoms with E-state index >= 15 is 0 Å². The summed E-state index contributed by atoms with van der Waals surface area (Å²) in [5.41, 5.74) is 10.9. The van der Waals surface area contributed by atoms with Gasteiger partial charge in [0.1, 0.15) is 5.75 Å². The minimum absolute atomic E-state index is 0.178. The van der Waals surface area contributed by atoms with E-state index in [1.807, 2.05) is 12.1 Å². The van der Waals surface area contributed by atoms with Gasteiger partial charge in [0.25, 0.3) is 0 Å². The standard InChI is InChI=1S/C20H27NO3/c1-13-8-17(19(23-4)9-14(13)2)16(12-21)10-15-6-7-18(22-3)20(11-15)24-5/h6-9,11,16H,10,12,21H2,1-5H3. The second-order valence-corrected chi connectivity index (χ2v) is 6.00. The molecule has 0 aliphatic heterocycles. The number of methoxy groups -OCH3 is 3. The molecule has 0 fully saturated rings. The van der Waals surface area contributed by atoms with Gasteiger partial charge in [0.15, 0.2) is 11.5 Å². The summed E-state index contributed by atoms with van der Waals surface area (Å²) in [6, 6.07) is 10.3. The number of hydrogen-bond acceptors (Lipinski definition) is 4. The summed E-state index contributed by atoms with van der Waals surface area (Å²) in [5.74, 6) is 2.54. The molecule has 0 aromatic heterocycles. The molecule has 2 N–H and O–H groups in total. The van der Waals surface area contributed by atoms with Crippen LogP contribution in [0.5, 0.6) is 17.2 Å². The predicted octanol–water partition coefficient (Wildman–Crippen LogP) is 3.61. The minimum Gasteiger partial charge on any atom is -0.496 e. The molecule has 24 heavy (non-hydrogen) atoms. The zero-order valence-corrected chi connectivity index (χ0v) is 15.2. The van der Waals surface area contributed by atoms with Gasteiger partial charge in [-0.15, -0.1) is 0 Å². The lowest BCUT2D eigenvalue weighted by Crippen LogP contribution is -2.16. The van der Waals surface area contributed by atoms with Crippen LogP contribution < -0.4 is 19.9 Å². The van der Waals surface area contributed by atoms with E-state index in [4.69, 9.17) is 19.9 Å². The first-order chi connectivity index (χ1) is 11.5. The van der Waals surface area contributed by atoms with E-state index in [1.54, 1.807) is 21.3 Å². The Kier molecular flexibility index (Phi) is 6.10. The van der Waals surface area contributed by atoms with Crippen LogP contribution >= 0.6 is 0 Å². The summed E-state index contributed by atoms with van der Waals surface area (Å²) < 4.78 is 16.3. The Morgan fingerprint density at radius 3 is 2.04 bits per heavy atom. The highest BCUT2D eigenvalue weighted by Gasteiger charge is 2.18. The van der Waals surface area contributed by atoms with Crippen molar-refractivity contribution >= 4 is 0 Å². The van der Waals surface area contributed by atoms with Gasteiger partial charge in [0.05, 0.1) is 21.3 Å². The van der Waals surface area contributed by atoms with Gasteiger partial charge in [0.2, 0.25) is 0 Å². The fourth-order valence-electron chi connectivity index (χ4n) is 2.92. The Balaban J connectivity index is 2.35. The molecule has 4 heteroatoms. The van der Waals surface area contributed by atoms with Gasteiger partial charge < -0.3 is 19.9 Å². The molecule has 0 bridgehead atoms. The van der Waals surface area contributed by atoms with E-state index in [0.29, 0.717) is 6.54 Å². The maximum absolute atomic E-state index is 6.08. The average molecular weight is 329 g/mol. The molecule has 0 radical (unpaired) electrons. The normalized spacial score (nSPS) is 11.9. The van der Waals surface area contributed by atoms with Gasteiger partial charge in [-0.3, -0.25) is 0 Å². The lowest BCUT2D eigenvalue weighted by atomic mass is 9.89. The summed E-state index contributed by atoms with van der Waals surface area (Å²) in [6.45, 7) is 4.75. The van der Waals surface area contributed by atoms with Crippen molar-refractivity contribution in [1.82, 2.24) is 0 Å². The number of nitrogens with two attached hydrogens (primary N) is 1. The smallest absolute Gasteiger partial charge is 0.160 e.